The summed E-state index contributed by atoms with van der Waals surface area (Å²) in [5.74, 6) is -0.390. The fraction of sp³-hybridized carbons (Fsp3) is 0.133. The van der Waals surface area contributed by atoms with Crippen LogP contribution in [0.15, 0.2) is 34.3 Å². The smallest absolute Gasteiger partial charge is 0.276 e. The number of phenols is 2. The van der Waals surface area contributed by atoms with Crippen molar-refractivity contribution in [1.29, 1.82) is 0 Å². The molecule has 0 radical (unpaired) electrons. The Morgan fingerprint density at radius 3 is 2.35 bits per heavy atom. The first-order valence-corrected chi connectivity index (χ1v) is 9.12. The SMILES string of the molecule is COc1ccc(S(=O)(=O)N/N=C/c2cc(Cl)c(O)c(Cl)c2O)cc1OC. The Labute approximate surface area is 159 Å². The molecule has 0 aromatic heterocycles. The quantitative estimate of drug-likeness (QED) is 0.488. The Kier molecular flexibility index (Phi) is 6.06. The van der Waals surface area contributed by atoms with E-state index in [1.165, 1.54) is 38.5 Å². The van der Waals surface area contributed by atoms with Crippen molar-refractivity contribution in [2.75, 3.05) is 14.2 Å². The molecule has 0 aliphatic carbocycles. The molecule has 0 aliphatic rings. The summed E-state index contributed by atoms with van der Waals surface area (Å²) in [4.78, 5) is 1.87. The first-order valence-electron chi connectivity index (χ1n) is 6.88. The van der Waals surface area contributed by atoms with Crippen LogP contribution in [-0.2, 0) is 10.0 Å². The van der Waals surface area contributed by atoms with Gasteiger partial charge in [0.15, 0.2) is 17.2 Å². The van der Waals surface area contributed by atoms with Gasteiger partial charge in [0.25, 0.3) is 10.0 Å². The molecule has 26 heavy (non-hydrogen) atoms. The van der Waals surface area contributed by atoms with Gasteiger partial charge < -0.3 is 19.7 Å². The Hall–Kier alpha value is -2.36. The molecule has 0 saturated heterocycles. The van der Waals surface area contributed by atoms with Crippen molar-refractivity contribution in [2.45, 2.75) is 4.90 Å². The van der Waals surface area contributed by atoms with E-state index in [0.717, 1.165) is 6.21 Å². The number of rotatable bonds is 6. The van der Waals surface area contributed by atoms with Crippen LogP contribution in [0.2, 0.25) is 10.0 Å². The van der Waals surface area contributed by atoms with Crippen LogP contribution in [0.25, 0.3) is 0 Å². The van der Waals surface area contributed by atoms with E-state index in [1.807, 2.05) is 4.83 Å². The highest BCUT2D eigenvalue weighted by Crippen LogP contribution is 2.40. The van der Waals surface area contributed by atoms with Crippen LogP contribution in [0.3, 0.4) is 0 Å². The third-order valence-corrected chi connectivity index (χ3v) is 5.11. The second-order valence-electron chi connectivity index (χ2n) is 4.83. The molecule has 2 aromatic rings. The monoisotopic (exact) mass is 420 g/mol. The maximum Gasteiger partial charge on any atom is 0.276 e. The molecule has 0 spiro atoms. The molecule has 0 bridgehead atoms. The number of nitrogens with zero attached hydrogens (tertiary/aromatic N) is 1. The molecule has 0 atom stereocenters. The minimum absolute atomic E-state index is 0.00723. The molecule has 0 amide bonds. The molecule has 8 nitrogen and oxygen atoms in total. The number of methoxy groups -OCH3 is 2. The van der Waals surface area contributed by atoms with Crippen LogP contribution >= 0.6 is 23.2 Å². The van der Waals surface area contributed by atoms with Gasteiger partial charge in [-0.2, -0.15) is 13.5 Å². The lowest BCUT2D eigenvalue weighted by molar-refractivity contribution is 0.354. The van der Waals surface area contributed by atoms with Gasteiger partial charge in [0.05, 0.1) is 30.4 Å². The van der Waals surface area contributed by atoms with Crippen molar-refractivity contribution in [3.8, 4) is 23.0 Å². The molecule has 0 fully saturated rings. The summed E-state index contributed by atoms with van der Waals surface area (Å²) in [7, 11) is -1.21. The van der Waals surface area contributed by atoms with Gasteiger partial charge in [-0.15, -0.1) is 0 Å². The van der Waals surface area contributed by atoms with E-state index in [0.29, 0.717) is 5.75 Å². The number of hydrogen-bond donors (Lipinski definition) is 3. The molecule has 2 rings (SSSR count). The topological polar surface area (TPSA) is 117 Å². The van der Waals surface area contributed by atoms with Crippen LogP contribution in [0.1, 0.15) is 5.56 Å². The van der Waals surface area contributed by atoms with Gasteiger partial charge in [-0.25, -0.2) is 4.83 Å². The minimum Gasteiger partial charge on any atom is -0.506 e. The van der Waals surface area contributed by atoms with Crippen molar-refractivity contribution >= 4 is 39.4 Å². The lowest BCUT2D eigenvalue weighted by atomic mass is 10.2. The normalized spacial score (nSPS) is 11.5. The van der Waals surface area contributed by atoms with E-state index in [4.69, 9.17) is 32.7 Å². The van der Waals surface area contributed by atoms with E-state index in [9.17, 15) is 18.6 Å². The highest BCUT2D eigenvalue weighted by molar-refractivity contribution is 7.89. The van der Waals surface area contributed by atoms with Crippen LogP contribution in [0.4, 0.5) is 0 Å². The maximum atomic E-state index is 12.3. The molecule has 0 heterocycles. The molecular formula is C15H14Cl2N2O6S. The van der Waals surface area contributed by atoms with Crippen molar-refractivity contribution in [1.82, 2.24) is 4.83 Å². The van der Waals surface area contributed by atoms with Crippen LogP contribution in [-0.4, -0.2) is 39.1 Å². The number of sulfonamides is 1. The highest BCUT2D eigenvalue weighted by Gasteiger charge is 2.17. The van der Waals surface area contributed by atoms with E-state index in [1.54, 1.807) is 0 Å². The van der Waals surface area contributed by atoms with E-state index in [2.05, 4.69) is 5.10 Å². The summed E-state index contributed by atoms with van der Waals surface area (Å²) < 4.78 is 34.7. The number of ether oxygens (including phenoxy) is 2. The second-order valence-corrected chi connectivity index (χ2v) is 7.27. The Balaban J connectivity index is 2.27. The first-order chi connectivity index (χ1) is 12.2. The molecule has 0 unspecified atom stereocenters. The fourth-order valence-electron chi connectivity index (χ4n) is 1.92. The Morgan fingerprint density at radius 2 is 1.73 bits per heavy atom. The number of hydrogen-bond acceptors (Lipinski definition) is 7. The summed E-state index contributed by atoms with van der Waals surface area (Å²) in [6, 6.07) is 5.18. The van der Waals surface area contributed by atoms with Gasteiger partial charge in [0.1, 0.15) is 10.8 Å². The van der Waals surface area contributed by atoms with Crippen molar-refractivity contribution in [2.24, 2.45) is 5.10 Å². The van der Waals surface area contributed by atoms with Crippen LogP contribution in [0, 0.1) is 0 Å². The fourth-order valence-corrected chi connectivity index (χ4v) is 3.19. The average molecular weight is 421 g/mol. The summed E-state index contributed by atoms with van der Waals surface area (Å²) in [5, 5.41) is 22.4. The summed E-state index contributed by atoms with van der Waals surface area (Å²) in [5.41, 5.74) is 0.00723. The van der Waals surface area contributed by atoms with E-state index in [-0.39, 0.29) is 26.3 Å². The zero-order valence-electron chi connectivity index (χ0n) is 13.5. The lowest BCUT2D eigenvalue weighted by Crippen LogP contribution is -2.18. The molecule has 2 aromatic carbocycles. The van der Waals surface area contributed by atoms with Gasteiger partial charge in [-0.05, 0) is 18.2 Å². The lowest BCUT2D eigenvalue weighted by Gasteiger charge is -2.10. The van der Waals surface area contributed by atoms with Gasteiger partial charge >= 0.3 is 0 Å². The summed E-state index contributed by atoms with van der Waals surface area (Å²) in [6.07, 6.45) is 0.991. The zero-order valence-corrected chi connectivity index (χ0v) is 15.9. The number of nitrogens with one attached hydrogen (secondary N) is 1. The molecule has 11 heteroatoms. The third-order valence-electron chi connectivity index (χ3n) is 3.24. The van der Waals surface area contributed by atoms with Crippen molar-refractivity contribution < 1.29 is 28.1 Å². The minimum atomic E-state index is -4.01. The summed E-state index contributed by atoms with van der Waals surface area (Å²) in [6.45, 7) is 0. The van der Waals surface area contributed by atoms with Crippen LogP contribution < -0.4 is 14.3 Å². The highest BCUT2D eigenvalue weighted by atomic mass is 35.5. The third kappa shape index (κ3) is 4.06. The Bertz CT molecular complexity index is 963. The predicted octanol–water partition coefficient (Wildman–Crippen LogP) is 2.73. The molecule has 140 valence electrons. The molecule has 0 aliphatic heterocycles. The number of halogens is 2. The average Bonchev–Trinajstić information content (AvgIpc) is 2.63. The van der Waals surface area contributed by atoms with E-state index < -0.39 is 21.5 Å². The van der Waals surface area contributed by atoms with Gasteiger partial charge in [0.2, 0.25) is 0 Å². The number of aromatic hydroxyl groups is 2. The number of benzene rings is 2. The largest absolute Gasteiger partial charge is 0.506 e. The Morgan fingerprint density at radius 1 is 1.08 bits per heavy atom. The number of hydrazone groups is 1. The molecule has 3 N–H and O–H groups in total. The van der Waals surface area contributed by atoms with E-state index >= 15 is 0 Å². The van der Waals surface area contributed by atoms with Gasteiger partial charge in [-0.3, -0.25) is 0 Å². The first kappa shape index (κ1) is 20.0. The zero-order chi connectivity index (χ0) is 19.5. The van der Waals surface area contributed by atoms with Gasteiger partial charge in [0, 0.05) is 11.6 Å². The van der Waals surface area contributed by atoms with Crippen molar-refractivity contribution in [3.05, 3.63) is 39.9 Å². The number of phenolic OH excluding ortho intramolecular Hbond substituents is 2. The van der Waals surface area contributed by atoms with Crippen LogP contribution in [0.5, 0.6) is 23.0 Å². The standard InChI is InChI=1S/C15H14Cl2N2O6S/c1-24-11-4-3-9(6-12(11)25-2)26(22,23)19-18-7-8-5-10(16)15(21)13(17)14(8)20/h3-7,19-21H,1-2H3/b18-7+. The second kappa shape index (κ2) is 7.90. The molecular weight excluding hydrogens is 407 g/mol. The molecule has 0 saturated carbocycles. The maximum absolute atomic E-state index is 12.3. The predicted molar refractivity (Wildman–Crippen MR) is 97.3 cm³/mol. The summed E-state index contributed by atoms with van der Waals surface area (Å²) >= 11 is 11.5. The van der Waals surface area contributed by atoms with Gasteiger partial charge in [-0.1, -0.05) is 23.2 Å². The van der Waals surface area contributed by atoms with Crippen molar-refractivity contribution in [3.63, 3.8) is 0 Å².